The fraction of sp³-hybridized carbons (Fsp3) is 0. The fourth-order valence-corrected chi connectivity index (χ4v) is 10.1. The summed E-state index contributed by atoms with van der Waals surface area (Å²) < 4.78 is 11.4. The number of hydrogen-bond acceptors (Lipinski definition) is 3. The molecular weight excluding hydrogens is 725 g/mol. The van der Waals surface area contributed by atoms with E-state index in [9.17, 15) is 0 Å². The molecule has 0 N–H and O–H groups in total. The molecule has 3 nitrogen and oxygen atoms in total. The molecule has 3 heterocycles. The van der Waals surface area contributed by atoms with E-state index < -0.39 is 0 Å². The van der Waals surface area contributed by atoms with Crippen molar-refractivity contribution in [2.24, 2.45) is 0 Å². The maximum Gasteiger partial charge on any atom is 0.137 e. The molecule has 0 saturated heterocycles. The summed E-state index contributed by atoms with van der Waals surface area (Å²) in [6.07, 6.45) is 0. The highest BCUT2D eigenvalue weighted by molar-refractivity contribution is 7.25. The van der Waals surface area contributed by atoms with Crippen molar-refractivity contribution in [2.45, 2.75) is 0 Å². The van der Waals surface area contributed by atoms with Gasteiger partial charge in [-0.1, -0.05) is 127 Å². The van der Waals surface area contributed by atoms with Crippen molar-refractivity contribution >= 4 is 92.3 Å². The van der Waals surface area contributed by atoms with E-state index >= 15 is 0 Å². The van der Waals surface area contributed by atoms with Gasteiger partial charge in [0.15, 0.2) is 0 Å². The molecule has 0 bridgehead atoms. The molecule has 0 unspecified atom stereocenters. The number of rotatable bonds is 6. The molecule has 4 heteroatoms. The van der Waals surface area contributed by atoms with Gasteiger partial charge >= 0.3 is 0 Å². The first kappa shape index (κ1) is 32.8. The monoisotopic (exact) mass is 758 g/mol. The van der Waals surface area contributed by atoms with E-state index in [1.807, 2.05) is 17.4 Å². The van der Waals surface area contributed by atoms with E-state index in [4.69, 9.17) is 4.42 Å². The Bertz CT molecular complexity index is 3500. The molecule has 9 aromatic carbocycles. The van der Waals surface area contributed by atoms with E-state index in [0.29, 0.717) is 0 Å². The lowest BCUT2D eigenvalue weighted by molar-refractivity contribution is 0.669. The topological polar surface area (TPSA) is 21.3 Å². The predicted octanol–water partition coefficient (Wildman–Crippen LogP) is 15.9. The van der Waals surface area contributed by atoms with Crippen LogP contribution in [0.3, 0.4) is 0 Å². The Balaban J connectivity index is 0.997. The van der Waals surface area contributed by atoms with Gasteiger partial charge in [-0.3, -0.25) is 0 Å². The second-order valence-corrected chi connectivity index (χ2v) is 16.0. The van der Waals surface area contributed by atoms with Crippen molar-refractivity contribution in [1.29, 1.82) is 0 Å². The lowest BCUT2D eigenvalue weighted by Gasteiger charge is -2.26. The molecule has 12 rings (SSSR count). The molecule has 0 fully saturated rings. The quantitative estimate of drug-likeness (QED) is 0.168. The number of furan rings is 1. The Kier molecular flexibility index (Phi) is 7.40. The Morgan fingerprint density at radius 2 is 1.02 bits per heavy atom. The molecule has 3 aromatic heterocycles. The lowest BCUT2D eigenvalue weighted by Crippen LogP contribution is -2.10. The van der Waals surface area contributed by atoms with Crippen molar-refractivity contribution in [3.05, 3.63) is 206 Å². The highest BCUT2D eigenvalue weighted by Crippen LogP contribution is 2.45. The number of hydrogen-bond donors (Lipinski definition) is 0. The highest BCUT2D eigenvalue weighted by atomic mass is 32.1. The summed E-state index contributed by atoms with van der Waals surface area (Å²) in [6, 6.07) is 74.4. The average molecular weight is 759 g/mol. The average Bonchev–Trinajstić information content (AvgIpc) is 3.97. The van der Waals surface area contributed by atoms with Gasteiger partial charge in [0, 0.05) is 53.4 Å². The van der Waals surface area contributed by atoms with Gasteiger partial charge in [0.25, 0.3) is 0 Å². The van der Waals surface area contributed by atoms with Crippen LogP contribution in [0.4, 0.5) is 17.1 Å². The van der Waals surface area contributed by atoms with Gasteiger partial charge in [0.05, 0.1) is 22.1 Å². The zero-order chi connectivity index (χ0) is 38.2. The van der Waals surface area contributed by atoms with E-state index in [1.165, 1.54) is 58.7 Å². The van der Waals surface area contributed by atoms with Crippen LogP contribution < -0.4 is 4.90 Å². The van der Waals surface area contributed by atoms with Gasteiger partial charge in [-0.15, -0.1) is 11.3 Å². The molecule has 0 atom stereocenters. The molecule has 12 aromatic rings. The van der Waals surface area contributed by atoms with Crippen molar-refractivity contribution < 1.29 is 4.42 Å². The number of benzene rings is 9. The van der Waals surface area contributed by atoms with Crippen molar-refractivity contribution in [3.8, 4) is 27.9 Å². The van der Waals surface area contributed by atoms with Gasteiger partial charge in [-0.25, -0.2) is 0 Å². The number of nitrogens with zero attached hydrogens (tertiary/aromatic N) is 2. The number of anilines is 3. The maximum absolute atomic E-state index is 6.41. The summed E-state index contributed by atoms with van der Waals surface area (Å²) >= 11 is 1.86. The second-order valence-electron chi connectivity index (χ2n) is 14.9. The van der Waals surface area contributed by atoms with Crippen LogP contribution >= 0.6 is 11.3 Å². The van der Waals surface area contributed by atoms with Gasteiger partial charge < -0.3 is 13.9 Å². The normalized spacial score (nSPS) is 11.8. The minimum absolute atomic E-state index is 0.870. The predicted molar refractivity (Wildman–Crippen MR) is 247 cm³/mol. The number of para-hydroxylation sites is 3. The van der Waals surface area contributed by atoms with E-state index in [-0.39, 0.29) is 0 Å². The Morgan fingerprint density at radius 1 is 0.397 bits per heavy atom. The zero-order valence-electron chi connectivity index (χ0n) is 31.3. The van der Waals surface area contributed by atoms with Gasteiger partial charge in [0.1, 0.15) is 11.2 Å². The minimum atomic E-state index is 0.870. The van der Waals surface area contributed by atoms with Crippen LogP contribution in [-0.4, -0.2) is 4.57 Å². The van der Waals surface area contributed by atoms with Crippen LogP contribution in [-0.2, 0) is 0 Å². The molecule has 272 valence electrons. The first-order chi connectivity index (χ1) is 28.8. The highest BCUT2D eigenvalue weighted by Gasteiger charge is 2.20. The third-order valence-corrected chi connectivity index (χ3v) is 12.7. The first-order valence-electron chi connectivity index (χ1n) is 19.7. The molecule has 58 heavy (non-hydrogen) atoms. The first-order valence-corrected chi connectivity index (χ1v) is 20.5. The number of fused-ring (bicyclic) bond motifs is 9. The molecule has 0 spiro atoms. The largest absolute Gasteiger partial charge is 0.456 e. The van der Waals surface area contributed by atoms with E-state index in [0.717, 1.165) is 50.3 Å². The summed E-state index contributed by atoms with van der Waals surface area (Å²) in [7, 11) is 0. The fourth-order valence-electron chi connectivity index (χ4n) is 8.98. The van der Waals surface area contributed by atoms with Crippen LogP contribution in [0.5, 0.6) is 0 Å². The molecule has 0 aliphatic carbocycles. The number of aromatic nitrogens is 1. The van der Waals surface area contributed by atoms with Crippen molar-refractivity contribution in [3.63, 3.8) is 0 Å². The molecule has 0 amide bonds. The summed E-state index contributed by atoms with van der Waals surface area (Å²) in [6.45, 7) is 0. The lowest BCUT2D eigenvalue weighted by atomic mass is 9.99. The summed E-state index contributed by atoms with van der Waals surface area (Å²) in [5, 5.41) is 7.33. The van der Waals surface area contributed by atoms with E-state index in [2.05, 4.69) is 210 Å². The Hall–Kier alpha value is -7.40. The standard InChI is InChI=1S/C54H34N2OS/c1-2-12-38(13-3-1)56-46-18-7-4-14-42(46)43-33-28-37(34-48(43)56)35-24-29-39(30-25-35)55(47-19-11-21-50-54(47)44-15-5-8-20-49(44)57-50)40-31-26-36(27-32-40)41-17-10-23-52-53(41)45-16-6-9-22-51(45)58-52/h1-34H. The zero-order valence-corrected chi connectivity index (χ0v) is 32.2. The molecule has 0 aliphatic rings. The Morgan fingerprint density at radius 3 is 1.84 bits per heavy atom. The third kappa shape index (κ3) is 5.12. The second kappa shape index (κ2) is 13.1. The third-order valence-electron chi connectivity index (χ3n) is 11.6. The summed E-state index contributed by atoms with van der Waals surface area (Å²) in [5.74, 6) is 0. The van der Waals surface area contributed by atoms with Crippen molar-refractivity contribution in [2.75, 3.05) is 4.90 Å². The molecule has 0 radical (unpaired) electrons. The molecule has 0 aliphatic heterocycles. The van der Waals surface area contributed by atoms with Crippen LogP contribution in [0.2, 0.25) is 0 Å². The van der Waals surface area contributed by atoms with Gasteiger partial charge in [-0.05, 0) is 101 Å². The van der Waals surface area contributed by atoms with Crippen molar-refractivity contribution in [1.82, 2.24) is 4.57 Å². The van der Waals surface area contributed by atoms with Crippen LogP contribution in [0, 0.1) is 0 Å². The minimum Gasteiger partial charge on any atom is -0.456 e. The van der Waals surface area contributed by atoms with Crippen LogP contribution in [0.15, 0.2) is 211 Å². The van der Waals surface area contributed by atoms with Crippen LogP contribution in [0.25, 0.3) is 91.9 Å². The smallest absolute Gasteiger partial charge is 0.137 e. The maximum atomic E-state index is 6.41. The summed E-state index contributed by atoms with van der Waals surface area (Å²) in [5.41, 5.74) is 13.3. The van der Waals surface area contributed by atoms with E-state index in [1.54, 1.807) is 0 Å². The molecular formula is C54H34N2OS. The van der Waals surface area contributed by atoms with Gasteiger partial charge in [0.2, 0.25) is 0 Å². The van der Waals surface area contributed by atoms with Gasteiger partial charge in [-0.2, -0.15) is 0 Å². The Labute approximate surface area is 338 Å². The SMILES string of the molecule is c1ccc(-n2c3ccccc3c3ccc(-c4ccc(N(c5ccc(-c6cccc7sc8ccccc8c67)cc5)c5cccc6oc7ccccc7c56)cc4)cc32)cc1. The molecule has 0 saturated carbocycles. The number of thiophene rings is 1. The van der Waals surface area contributed by atoms with Crippen LogP contribution in [0.1, 0.15) is 0 Å². The summed E-state index contributed by atoms with van der Waals surface area (Å²) in [4.78, 5) is 2.37.